The van der Waals surface area contributed by atoms with Crippen LogP contribution in [0.1, 0.15) is 5.56 Å². The molecule has 7 heteroatoms. The van der Waals surface area contributed by atoms with Crippen molar-refractivity contribution in [3.63, 3.8) is 0 Å². The van der Waals surface area contributed by atoms with Crippen molar-refractivity contribution >= 4 is 17.3 Å². The van der Waals surface area contributed by atoms with Crippen LogP contribution in [0.2, 0.25) is 5.02 Å². The van der Waals surface area contributed by atoms with Crippen molar-refractivity contribution in [3.8, 4) is 0 Å². The number of quaternary nitrogens is 2. The molecule has 1 aliphatic heterocycles. The standard InChI is InChI=1S/C13H18ClN3O3/c14-13-2-1-12(17(19)20)9-11(13)10-16-5-3-15(4-6-16)7-8-18/h1-2,9,18H,3-8,10H2/p+2. The van der Waals surface area contributed by atoms with Crippen molar-refractivity contribution in [1.82, 2.24) is 0 Å². The predicted molar refractivity (Wildman–Crippen MR) is 75.2 cm³/mol. The second-order valence-electron chi connectivity index (χ2n) is 5.18. The first-order chi connectivity index (χ1) is 9.60. The molecule has 110 valence electrons. The smallest absolute Gasteiger partial charge is 0.270 e. The number of piperazine rings is 1. The zero-order chi connectivity index (χ0) is 14.5. The first kappa shape index (κ1) is 15.2. The van der Waals surface area contributed by atoms with Gasteiger partial charge in [-0.15, -0.1) is 0 Å². The van der Waals surface area contributed by atoms with Gasteiger partial charge in [-0.25, -0.2) is 0 Å². The fraction of sp³-hybridized carbons (Fsp3) is 0.538. The van der Waals surface area contributed by atoms with Crippen LogP contribution in [-0.2, 0) is 6.54 Å². The monoisotopic (exact) mass is 301 g/mol. The molecule has 2 rings (SSSR count). The minimum Gasteiger partial charge on any atom is -0.391 e. The van der Waals surface area contributed by atoms with Gasteiger partial charge in [-0.05, 0) is 6.07 Å². The van der Waals surface area contributed by atoms with E-state index in [1.165, 1.54) is 15.9 Å². The molecule has 0 spiro atoms. The van der Waals surface area contributed by atoms with Crippen molar-refractivity contribution in [1.29, 1.82) is 0 Å². The third-order valence-electron chi connectivity index (χ3n) is 3.81. The summed E-state index contributed by atoms with van der Waals surface area (Å²) in [4.78, 5) is 13.2. The number of non-ortho nitro benzene ring substituents is 1. The lowest BCUT2D eigenvalue weighted by molar-refractivity contribution is -1.02. The summed E-state index contributed by atoms with van der Waals surface area (Å²) in [5, 5.41) is 20.3. The van der Waals surface area contributed by atoms with Crippen molar-refractivity contribution < 1.29 is 19.8 Å². The molecule has 0 atom stereocenters. The summed E-state index contributed by atoms with van der Waals surface area (Å²) in [6.07, 6.45) is 0. The highest BCUT2D eigenvalue weighted by molar-refractivity contribution is 6.31. The van der Waals surface area contributed by atoms with E-state index in [1.54, 1.807) is 12.1 Å². The molecule has 0 saturated carbocycles. The summed E-state index contributed by atoms with van der Waals surface area (Å²) in [5.74, 6) is 0. The molecule has 6 nitrogen and oxygen atoms in total. The van der Waals surface area contributed by atoms with E-state index in [2.05, 4.69) is 0 Å². The molecule has 0 bridgehead atoms. The van der Waals surface area contributed by atoms with Gasteiger partial charge < -0.3 is 14.9 Å². The molecule has 1 aliphatic rings. The Morgan fingerprint density at radius 1 is 1.25 bits per heavy atom. The number of benzene rings is 1. The molecule has 1 fully saturated rings. The first-order valence-electron chi connectivity index (χ1n) is 6.81. The Morgan fingerprint density at radius 3 is 2.50 bits per heavy atom. The Bertz CT molecular complexity index is 476. The number of halogens is 1. The third kappa shape index (κ3) is 3.89. The third-order valence-corrected chi connectivity index (χ3v) is 4.18. The van der Waals surface area contributed by atoms with Gasteiger partial charge in [0.1, 0.15) is 39.3 Å². The van der Waals surface area contributed by atoms with E-state index in [0.717, 1.165) is 38.3 Å². The van der Waals surface area contributed by atoms with Crippen molar-refractivity contribution in [2.75, 3.05) is 39.3 Å². The van der Waals surface area contributed by atoms with Gasteiger partial charge in [0, 0.05) is 22.7 Å². The SMILES string of the molecule is O=[N+]([O-])c1ccc(Cl)c(C[NH+]2CC[NH+](CCO)CC2)c1. The highest BCUT2D eigenvalue weighted by Gasteiger charge is 2.23. The van der Waals surface area contributed by atoms with Gasteiger partial charge in [-0.1, -0.05) is 11.6 Å². The molecule has 1 heterocycles. The first-order valence-corrected chi connectivity index (χ1v) is 7.18. The predicted octanol–water partition coefficient (Wildman–Crippen LogP) is -1.48. The molecule has 0 amide bonds. The molecule has 20 heavy (non-hydrogen) atoms. The van der Waals surface area contributed by atoms with Crippen LogP contribution in [-0.4, -0.2) is 49.4 Å². The van der Waals surface area contributed by atoms with Crippen LogP contribution in [0.4, 0.5) is 5.69 Å². The Labute approximate surface area is 122 Å². The average molecular weight is 302 g/mol. The minimum atomic E-state index is -0.390. The molecular weight excluding hydrogens is 282 g/mol. The number of hydrogen-bond acceptors (Lipinski definition) is 3. The average Bonchev–Trinajstić information content (AvgIpc) is 2.43. The van der Waals surface area contributed by atoms with E-state index in [1.807, 2.05) is 0 Å². The molecule has 0 aliphatic carbocycles. The quantitative estimate of drug-likeness (QED) is 0.459. The normalized spacial score (nSPS) is 22.7. The maximum atomic E-state index is 10.8. The van der Waals surface area contributed by atoms with Crippen LogP contribution in [0.5, 0.6) is 0 Å². The van der Waals surface area contributed by atoms with Gasteiger partial charge in [0.05, 0.1) is 11.5 Å². The van der Waals surface area contributed by atoms with Gasteiger partial charge in [0.2, 0.25) is 0 Å². The highest BCUT2D eigenvalue weighted by atomic mass is 35.5. The molecule has 0 radical (unpaired) electrons. The maximum absolute atomic E-state index is 10.8. The topological polar surface area (TPSA) is 72.2 Å². The molecular formula is C13H20ClN3O3+2. The van der Waals surface area contributed by atoms with E-state index in [9.17, 15) is 10.1 Å². The molecule has 0 aromatic heterocycles. The minimum absolute atomic E-state index is 0.0911. The highest BCUT2D eigenvalue weighted by Crippen LogP contribution is 2.21. The Balaban J connectivity index is 1.97. The zero-order valence-electron chi connectivity index (χ0n) is 11.3. The Morgan fingerprint density at radius 2 is 1.90 bits per heavy atom. The number of nitro benzene ring substituents is 1. The second kappa shape index (κ2) is 6.99. The van der Waals surface area contributed by atoms with Crippen molar-refractivity contribution in [3.05, 3.63) is 38.9 Å². The van der Waals surface area contributed by atoms with Crippen LogP contribution < -0.4 is 9.80 Å². The van der Waals surface area contributed by atoms with E-state index in [4.69, 9.17) is 16.7 Å². The number of nitro groups is 1. The summed E-state index contributed by atoms with van der Waals surface area (Å²) < 4.78 is 0. The number of aliphatic hydroxyl groups excluding tert-OH is 1. The van der Waals surface area contributed by atoms with Gasteiger partial charge in [-0.2, -0.15) is 0 Å². The van der Waals surface area contributed by atoms with Crippen LogP contribution in [0.3, 0.4) is 0 Å². The summed E-state index contributed by atoms with van der Waals surface area (Å²) in [7, 11) is 0. The molecule has 3 N–H and O–H groups in total. The van der Waals surface area contributed by atoms with Gasteiger partial charge in [0.25, 0.3) is 5.69 Å². The number of nitrogens with zero attached hydrogens (tertiary/aromatic N) is 1. The summed E-state index contributed by atoms with van der Waals surface area (Å²) in [6.45, 7) is 5.76. The molecule has 1 saturated heterocycles. The lowest BCUT2D eigenvalue weighted by Crippen LogP contribution is -3.27. The number of nitrogens with one attached hydrogen (secondary N) is 2. The lowest BCUT2D eigenvalue weighted by Gasteiger charge is -2.29. The van der Waals surface area contributed by atoms with Gasteiger partial charge in [0.15, 0.2) is 0 Å². The zero-order valence-corrected chi connectivity index (χ0v) is 12.0. The Hall–Kier alpha value is -1.21. The van der Waals surface area contributed by atoms with Crippen LogP contribution in [0.25, 0.3) is 0 Å². The summed E-state index contributed by atoms with van der Waals surface area (Å²) in [6, 6.07) is 4.61. The van der Waals surface area contributed by atoms with Crippen molar-refractivity contribution in [2.45, 2.75) is 6.54 Å². The number of hydrogen-bond donors (Lipinski definition) is 3. The summed E-state index contributed by atoms with van der Waals surface area (Å²) in [5.41, 5.74) is 0.926. The molecule has 1 aromatic carbocycles. The fourth-order valence-corrected chi connectivity index (χ4v) is 2.81. The largest absolute Gasteiger partial charge is 0.391 e. The van der Waals surface area contributed by atoms with Crippen LogP contribution in [0, 0.1) is 10.1 Å². The van der Waals surface area contributed by atoms with E-state index >= 15 is 0 Å². The van der Waals surface area contributed by atoms with Gasteiger partial charge in [-0.3, -0.25) is 10.1 Å². The molecule has 0 unspecified atom stereocenters. The van der Waals surface area contributed by atoms with E-state index < -0.39 is 4.92 Å². The fourth-order valence-electron chi connectivity index (χ4n) is 2.62. The van der Waals surface area contributed by atoms with Crippen molar-refractivity contribution in [2.24, 2.45) is 0 Å². The second-order valence-corrected chi connectivity index (χ2v) is 5.59. The number of aliphatic hydroxyl groups is 1. The van der Waals surface area contributed by atoms with Gasteiger partial charge >= 0.3 is 0 Å². The molecule has 1 aromatic rings. The van der Waals surface area contributed by atoms with Crippen LogP contribution in [0.15, 0.2) is 18.2 Å². The Kier molecular flexibility index (Phi) is 5.31. The number of rotatable bonds is 5. The lowest BCUT2D eigenvalue weighted by atomic mass is 10.1. The summed E-state index contributed by atoms with van der Waals surface area (Å²) >= 11 is 6.12. The van der Waals surface area contributed by atoms with E-state index in [-0.39, 0.29) is 12.3 Å². The van der Waals surface area contributed by atoms with Crippen LogP contribution >= 0.6 is 11.6 Å². The van der Waals surface area contributed by atoms with E-state index in [0.29, 0.717) is 11.6 Å². The maximum Gasteiger partial charge on any atom is 0.270 e.